The van der Waals surface area contributed by atoms with Gasteiger partial charge in [0, 0.05) is 17.8 Å². The number of amides is 1. The number of benzene rings is 2. The van der Waals surface area contributed by atoms with Crippen molar-refractivity contribution >= 4 is 11.6 Å². The second kappa shape index (κ2) is 10.0. The number of likely N-dealkylation sites (tertiary alicyclic amines) is 1. The second-order valence-electron chi connectivity index (χ2n) is 8.52. The first-order chi connectivity index (χ1) is 15.9. The van der Waals surface area contributed by atoms with Crippen molar-refractivity contribution in [1.82, 2.24) is 15.0 Å². The number of anilines is 1. The Kier molecular flexibility index (Phi) is 6.93. The summed E-state index contributed by atoms with van der Waals surface area (Å²) in [5.41, 5.74) is 3.91. The van der Waals surface area contributed by atoms with Crippen LogP contribution in [0.1, 0.15) is 29.9 Å². The molecule has 0 saturated carbocycles. The highest BCUT2D eigenvalue weighted by Crippen LogP contribution is 2.31. The fraction of sp³-hybridized carbons (Fsp3) is 0.400. The third-order valence-corrected chi connectivity index (χ3v) is 5.83. The average Bonchev–Trinajstić information content (AvgIpc) is 3.26. The maximum absolute atomic E-state index is 12.9. The van der Waals surface area contributed by atoms with Gasteiger partial charge in [0.05, 0.1) is 26.7 Å². The molecule has 0 bridgehead atoms. The highest BCUT2D eigenvalue weighted by Gasteiger charge is 2.27. The van der Waals surface area contributed by atoms with Gasteiger partial charge in [-0.3, -0.25) is 9.69 Å². The molecule has 2 aromatic carbocycles. The summed E-state index contributed by atoms with van der Waals surface area (Å²) < 4.78 is 16.1. The van der Waals surface area contributed by atoms with E-state index < -0.39 is 0 Å². The van der Waals surface area contributed by atoms with Gasteiger partial charge in [-0.25, -0.2) is 0 Å². The highest BCUT2D eigenvalue weighted by molar-refractivity contribution is 5.93. The molecule has 3 aromatic rings. The Hall–Kier alpha value is -3.39. The molecule has 1 aliphatic heterocycles. The van der Waals surface area contributed by atoms with Crippen molar-refractivity contribution in [2.45, 2.75) is 33.2 Å². The Balaban J connectivity index is 1.39. The van der Waals surface area contributed by atoms with Gasteiger partial charge in [-0.15, -0.1) is 0 Å². The molecule has 1 amide bonds. The van der Waals surface area contributed by atoms with E-state index in [0.717, 1.165) is 41.8 Å². The first kappa shape index (κ1) is 22.8. The summed E-state index contributed by atoms with van der Waals surface area (Å²) in [6.45, 7) is 6.12. The number of methoxy groups -OCH3 is 2. The molecule has 1 fully saturated rings. The minimum absolute atomic E-state index is 0.0567. The van der Waals surface area contributed by atoms with Crippen LogP contribution < -0.4 is 14.8 Å². The number of nitrogens with one attached hydrogen (secondary N) is 1. The maximum atomic E-state index is 12.9. The second-order valence-corrected chi connectivity index (χ2v) is 8.52. The SMILES string of the molecule is COc1ccc(-c2noc(CN3CCC[C@@H](C(=O)Nc4cc(C)cc(C)c4)C3)n2)cc1OC. The summed E-state index contributed by atoms with van der Waals surface area (Å²) >= 11 is 0. The van der Waals surface area contributed by atoms with Gasteiger partial charge in [0.2, 0.25) is 17.6 Å². The smallest absolute Gasteiger partial charge is 0.241 e. The van der Waals surface area contributed by atoms with Gasteiger partial charge in [-0.05, 0) is 74.7 Å². The molecular weight excluding hydrogens is 420 g/mol. The van der Waals surface area contributed by atoms with Gasteiger partial charge in [-0.2, -0.15) is 4.98 Å². The van der Waals surface area contributed by atoms with Crippen LogP contribution in [0.3, 0.4) is 0 Å². The number of carbonyl (C=O) groups is 1. The van der Waals surface area contributed by atoms with Crippen LogP contribution in [0.25, 0.3) is 11.4 Å². The van der Waals surface area contributed by atoms with E-state index in [1.165, 1.54) is 0 Å². The van der Waals surface area contributed by atoms with Crippen LogP contribution in [0.15, 0.2) is 40.9 Å². The molecule has 0 unspecified atom stereocenters. The van der Waals surface area contributed by atoms with Crippen LogP contribution in [0.2, 0.25) is 0 Å². The fourth-order valence-electron chi connectivity index (χ4n) is 4.31. The Labute approximate surface area is 193 Å². The third-order valence-electron chi connectivity index (χ3n) is 5.83. The Morgan fingerprint density at radius 3 is 2.61 bits per heavy atom. The fourth-order valence-corrected chi connectivity index (χ4v) is 4.31. The lowest BCUT2D eigenvalue weighted by molar-refractivity contribution is -0.121. The molecule has 1 atom stereocenters. The van der Waals surface area contributed by atoms with Gasteiger partial charge in [0.25, 0.3) is 0 Å². The van der Waals surface area contributed by atoms with Crippen LogP contribution in [0, 0.1) is 19.8 Å². The monoisotopic (exact) mass is 450 g/mol. The number of piperidine rings is 1. The van der Waals surface area contributed by atoms with Crippen molar-refractivity contribution in [1.29, 1.82) is 0 Å². The number of hydrogen-bond donors (Lipinski definition) is 1. The molecule has 0 spiro atoms. The molecule has 33 heavy (non-hydrogen) atoms. The normalized spacial score (nSPS) is 16.4. The maximum Gasteiger partial charge on any atom is 0.241 e. The van der Waals surface area contributed by atoms with Crippen molar-refractivity contribution in [2.24, 2.45) is 5.92 Å². The molecule has 1 aliphatic rings. The van der Waals surface area contributed by atoms with Crippen molar-refractivity contribution in [3.63, 3.8) is 0 Å². The van der Waals surface area contributed by atoms with E-state index in [1.54, 1.807) is 14.2 Å². The zero-order valence-electron chi connectivity index (χ0n) is 19.6. The van der Waals surface area contributed by atoms with E-state index in [9.17, 15) is 4.79 Å². The van der Waals surface area contributed by atoms with Crippen molar-refractivity contribution in [3.8, 4) is 22.9 Å². The number of aryl methyl sites for hydroxylation is 2. The van der Waals surface area contributed by atoms with E-state index in [2.05, 4.69) is 26.4 Å². The minimum atomic E-state index is -0.0761. The zero-order valence-corrected chi connectivity index (χ0v) is 19.6. The predicted molar refractivity (Wildman–Crippen MR) is 125 cm³/mol. The average molecular weight is 451 g/mol. The van der Waals surface area contributed by atoms with Crippen LogP contribution >= 0.6 is 0 Å². The molecule has 0 aliphatic carbocycles. The molecule has 1 saturated heterocycles. The Bertz CT molecular complexity index is 1110. The van der Waals surface area contributed by atoms with E-state index in [4.69, 9.17) is 14.0 Å². The molecule has 174 valence electrons. The van der Waals surface area contributed by atoms with Crippen LogP contribution in [0.5, 0.6) is 11.5 Å². The lowest BCUT2D eigenvalue weighted by atomic mass is 9.97. The lowest BCUT2D eigenvalue weighted by Crippen LogP contribution is -2.40. The largest absolute Gasteiger partial charge is 0.493 e. The molecule has 0 radical (unpaired) electrons. The minimum Gasteiger partial charge on any atom is -0.493 e. The first-order valence-electron chi connectivity index (χ1n) is 11.1. The summed E-state index contributed by atoms with van der Waals surface area (Å²) in [5, 5.41) is 7.21. The lowest BCUT2D eigenvalue weighted by Gasteiger charge is -2.30. The van der Waals surface area contributed by atoms with Crippen LogP contribution in [0.4, 0.5) is 5.69 Å². The molecular formula is C25H30N4O4. The molecule has 4 rings (SSSR count). The van der Waals surface area contributed by atoms with Gasteiger partial charge in [-0.1, -0.05) is 11.2 Å². The summed E-state index contributed by atoms with van der Waals surface area (Å²) in [7, 11) is 3.18. The molecule has 1 aromatic heterocycles. The molecule has 2 heterocycles. The topological polar surface area (TPSA) is 89.7 Å². The van der Waals surface area contributed by atoms with Gasteiger partial charge < -0.3 is 19.3 Å². The zero-order chi connectivity index (χ0) is 23.4. The van der Waals surface area contributed by atoms with Crippen LogP contribution in [-0.4, -0.2) is 48.3 Å². The van der Waals surface area contributed by atoms with Gasteiger partial charge in [0.1, 0.15) is 0 Å². The predicted octanol–water partition coefficient (Wildman–Crippen LogP) is 4.22. The number of rotatable bonds is 7. The number of aromatic nitrogens is 2. The molecule has 8 heteroatoms. The summed E-state index contributed by atoms with van der Waals surface area (Å²) in [4.78, 5) is 19.6. The van der Waals surface area contributed by atoms with Gasteiger partial charge >= 0.3 is 0 Å². The highest BCUT2D eigenvalue weighted by atomic mass is 16.5. The molecule has 8 nitrogen and oxygen atoms in total. The Morgan fingerprint density at radius 1 is 1.12 bits per heavy atom. The quantitative estimate of drug-likeness (QED) is 0.576. The summed E-state index contributed by atoms with van der Waals surface area (Å²) in [6, 6.07) is 11.6. The van der Waals surface area contributed by atoms with Crippen molar-refractivity contribution in [3.05, 3.63) is 53.4 Å². The van der Waals surface area contributed by atoms with Crippen molar-refractivity contribution in [2.75, 3.05) is 32.6 Å². The van der Waals surface area contributed by atoms with Crippen molar-refractivity contribution < 1.29 is 18.8 Å². The van der Waals surface area contributed by atoms with E-state index in [0.29, 0.717) is 36.3 Å². The summed E-state index contributed by atoms with van der Waals surface area (Å²) in [6.07, 6.45) is 1.81. The molecule has 1 N–H and O–H groups in total. The summed E-state index contributed by atoms with van der Waals surface area (Å²) in [5.74, 6) is 2.25. The van der Waals surface area contributed by atoms with E-state index in [1.807, 2.05) is 44.2 Å². The number of hydrogen-bond acceptors (Lipinski definition) is 7. The van der Waals surface area contributed by atoms with Gasteiger partial charge in [0.15, 0.2) is 11.5 Å². The van der Waals surface area contributed by atoms with Crippen LogP contribution in [-0.2, 0) is 11.3 Å². The Morgan fingerprint density at radius 2 is 1.88 bits per heavy atom. The first-order valence-corrected chi connectivity index (χ1v) is 11.1. The third kappa shape index (κ3) is 5.51. The standard InChI is InChI=1S/C25H30N4O4/c1-16-10-17(2)12-20(11-16)26-25(30)19-6-5-9-29(14-19)15-23-27-24(28-33-23)18-7-8-21(31-3)22(13-18)32-4/h7-8,10-13,19H,5-6,9,14-15H2,1-4H3,(H,26,30)/t19-/m1/s1. The number of carbonyl (C=O) groups excluding carboxylic acids is 1. The number of ether oxygens (including phenoxy) is 2. The van der Waals surface area contributed by atoms with E-state index >= 15 is 0 Å². The number of nitrogens with zero attached hydrogens (tertiary/aromatic N) is 3. The van der Waals surface area contributed by atoms with E-state index in [-0.39, 0.29) is 11.8 Å².